The van der Waals surface area contributed by atoms with E-state index in [2.05, 4.69) is 27.0 Å². The number of hydrogen-bond donors (Lipinski definition) is 0. The molecule has 0 radical (unpaired) electrons. The molecule has 2 aromatic carbocycles. The fourth-order valence-electron chi connectivity index (χ4n) is 3.25. The predicted octanol–water partition coefficient (Wildman–Crippen LogP) is 4.90. The lowest BCUT2D eigenvalue weighted by Gasteiger charge is -2.22. The molecule has 4 nitrogen and oxygen atoms in total. The number of rotatable bonds is 6. The first kappa shape index (κ1) is 18.7. The summed E-state index contributed by atoms with van der Waals surface area (Å²) in [5.74, 6) is 1.10. The number of benzene rings is 2. The highest BCUT2D eigenvalue weighted by Crippen LogP contribution is 2.25. The molecule has 0 aliphatic heterocycles. The molecule has 0 saturated heterocycles. The quantitative estimate of drug-likeness (QED) is 0.474. The van der Waals surface area contributed by atoms with Gasteiger partial charge in [-0.2, -0.15) is 0 Å². The van der Waals surface area contributed by atoms with E-state index in [-0.39, 0.29) is 5.82 Å². The van der Waals surface area contributed by atoms with Crippen LogP contribution >= 0.6 is 0 Å². The fourth-order valence-corrected chi connectivity index (χ4v) is 3.25. The van der Waals surface area contributed by atoms with Crippen LogP contribution < -0.4 is 4.90 Å². The van der Waals surface area contributed by atoms with Gasteiger partial charge < -0.3 is 4.90 Å². The van der Waals surface area contributed by atoms with E-state index in [1.807, 2.05) is 49.5 Å². The lowest BCUT2D eigenvalue weighted by molar-refractivity contribution is 0.613. The van der Waals surface area contributed by atoms with Crippen LogP contribution in [0.25, 0.3) is 11.5 Å². The highest BCUT2D eigenvalue weighted by atomic mass is 19.1. The molecule has 0 spiro atoms. The van der Waals surface area contributed by atoms with E-state index in [0.717, 1.165) is 11.4 Å². The molecule has 0 atom stereocenters. The average Bonchev–Trinajstić information content (AvgIpc) is 2.77. The summed E-state index contributed by atoms with van der Waals surface area (Å²) in [7, 11) is 1.99. The molecule has 0 unspecified atom stereocenters. The van der Waals surface area contributed by atoms with Gasteiger partial charge in [-0.1, -0.05) is 54.6 Å². The third kappa shape index (κ3) is 4.46. The summed E-state index contributed by atoms with van der Waals surface area (Å²) in [4.78, 5) is 15.7. The number of nitrogens with zero attached hydrogens (tertiary/aromatic N) is 4. The molecule has 4 aromatic rings. The van der Waals surface area contributed by atoms with E-state index < -0.39 is 0 Å². The van der Waals surface area contributed by atoms with Gasteiger partial charge in [-0.05, 0) is 29.3 Å². The largest absolute Gasteiger partial charge is 0.355 e. The van der Waals surface area contributed by atoms with Gasteiger partial charge in [0.1, 0.15) is 17.3 Å². The second-order valence-corrected chi connectivity index (χ2v) is 6.87. The van der Waals surface area contributed by atoms with E-state index in [9.17, 15) is 4.39 Å². The van der Waals surface area contributed by atoms with Gasteiger partial charge >= 0.3 is 0 Å². The maximum absolute atomic E-state index is 14.2. The van der Waals surface area contributed by atoms with Crippen LogP contribution in [-0.2, 0) is 13.0 Å². The molecule has 0 amide bonds. The van der Waals surface area contributed by atoms with Crippen molar-refractivity contribution < 1.29 is 4.39 Å². The fraction of sp³-hybridized carbons (Fsp3) is 0.125. The van der Waals surface area contributed by atoms with Crippen molar-refractivity contribution in [2.45, 2.75) is 13.0 Å². The second-order valence-electron chi connectivity index (χ2n) is 6.87. The SMILES string of the molecule is CN(Cc1ccccc1)c1nc(-c2ccccn2)ncc1Cc1ccccc1F. The number of aromatic nitrogens is 3. The van der Waals surface area contributed by atoms with Crippen molar-refractivity contribution in [2.75, 3.05) is 11.9 Å². The highest BCUT2D eigenvalue weighted by Gasteiger charge is 2.15. The third-order valence-electron chi connectivity index (χ3n) is 4.70. The molecule has 144 valence electrons. The lowest BCUT2D eigenvalue weighted by atomic mass is 10.1. The maximum atomic E-state index is 14.2. The van der Waals surface area contributed by atoms with E-state index in [1.165, 1.54) is 11.6 Å². The molecule has 0 saturated carbocycles. The van der Waals surface area contributed by atoms with Crippen molar-refractivity contribution >= 4 is 5.82 Å². The van der Waals surface area contributed by atoms with Crippen LogP contribution in [0.4, 0.5) is 10.2 Å². The second kappa shape index (κ2) is 8.61. The Labute approximate surface area is 169 Å². The normalized spacial score (nSPS) is 10.7. The summed E-state index contributed by atoms with van der Waals surface area (Å²) in [5, 5.41) is 0. The summed E-state index contributed by atoms with van der Waals surface area (Å²) < 4.78 is 14.2. The Balaban J connectivity index is 1.72. The van der Waals surface area contributed by atoms with Gasteiger partial charge in [0.2, 0.25) is 0 Å². The average molecular weight is 384 g/mol. The van der Waals surface area contributed by atoms with Crippen LogP contribution in [0.1, 0.15) is 16.7 Å². The Morgan fingerprint density at radius 1 is 0.828 bits per heavy atom. The molecule has 2 aromatic heterocycles. The molecule has 4 rings (SSSR count). The molecule has 0 aliphatic rings. The van der Waals surface area contributed by atoms with Crippen molar-refractivity contribution in [3.8, 4) is 11.5 Å². The zero-order valence-electron chi connectivity index (χ0n) is 16.2. The topological polar surface area (TPSA) is 41.9 Å². The molecule has 0 fully saturated rings. The summed E-state index contributed by atoms with van der Waals surface area (Å²) in [6.45, 7) is 0.684. The van der Waals surface area contributed by atoms with Gasteiger partial charge in [-0.3, -0.25) is 4.98 Å². The zero-order chi connectivity index (χ0) is 20.1. The zero-order valence-corrected chi connectivity index (χ0v) is 16.2. The Morgan fingerprint density at radius 2 is 1.59 bits per heavy atom. The monoisotopic (exact) mass is 384 g/mol. The number of anilines is 1. The first-order valence-electron chi connectivity index (χ1n) is 9.46. The van der Waals surface area contributed by atoms with Crippen molar-refractivity contribution in [2.24, 2.45) is 0 Å². The summed E-state index contributed by atoms with van der Waals surface area (Å²) in [5.41, 5.74) is 3.37. The molecule has 0 bridgehead atoms. The summed E-state index contributed by atoms with van der Waals surface area (Å²) in [6, 6.07) is 22.6. The van der Waals surface area contributed by atoms with E-state index in [0.29, 0.717) is 30.0 Å². The van der Waals surface area contributed by atoms with Gasteiger partial charge in [0.25, 0.3) is 0 Å². The molecule has 29 heavy (non-hydrogen) atoms. The minimum Gasteiger partial charge on any atom is -0.355 e. The minimum absolute atomic E-state index is 0.224. The standard InChI is InChI=1S/C24H21FN4/c1-29(17-18-9-3-2-4-10-18)24-20(15-19-11-5-6-12-21(19)25)16-27-23(28-24)22-13-7-8-14-26-22/h2-14,16H,15,17H2,1H3. The van der Waals surface area contributed by atoms with Gasteiger partial charge in [-0.25, -0.2) is 14.4 Å². The van der Waals surface area contributed by atoms with E-state index in [1.54, 1.807) is 24.5 Å². The molecular weight excluding hydrogens is 363 g/mol. The number of halogens is 1. The smallest absolute Gasteiger partial charge is 0.180 e. The van der Waals surface area contributed by atoms with Crippen molar-refractivity contribution in [3.05, 3.63) is 108 Å². The first-order valence-corrected chi connectivity index (χ1v) is 9.46. The molecule has 2 heterocycles. The van der Waals surface area contributed by atoms with E-state index >= 15 is 0 Å². The van der Waals surface area contributed by atoms with Gasteiger partial charge in [-0.15, -0.1) is 0 Å². The Kier molecular flexibility index (Phi) is 5.56. The lowest BCUT2D eigenvalue weighted by Crippen LogP contribution is -2.20. The molecule has 5 heteroatoms. The summed E-state index contributed by atoms with van der Waals surface area (Å²) >= 11 is 0. The summed E-state index contributed by atoms with van der Waals surface area (Å²) in [6.07, 6.45) is 3.92. The number of hydrogen-bond acceptors (Lipinski definition) is 4. The van der Waals surface area contributed by atoms with Gasteiger partial charge in [0.15, 0.2) is 5.82 Å². The number of pyridine rings is 1. The Morgan fingerprint density at radius 3 is 2.34 bits per heavy atom. The van der Waals surface area contributed by atoms with Crippen LogP contribution in [0.2, 0.25) is 0 Å². The van der Waals surface area contributed by atoms with Crippen LogP contribution in [0.15, 0.2) is 85.2 Å². The Bertz CT molecular complexity index is 1080. The van der Waals surface area contributed by atoms with Crippen molar-refractivity contribution in [1.82, 2.24) is 15.0 Å². The Hall–Kier alpha value is -3.60. The maximum Gasteiger partial charge on any atom is 0.180 e. The van der Waals surface area contributed by atoms with Crippen molar-refractivity contribution in [3.63, 3.8) is 0 Å². The van der Waals surface area contributed by atoms with Crippen LogP contribution in [0.5, 0.6) is 0 Å². The van der Waals surface area contributed by atoms with E-state index in [4.69, 9.17) is 4.98 Å². The molecule has 0 N–H and O–H groups in total. The minimum atomic E-state index is -0.224. The van der Waals surface area contributed by atoms with Crippen LogP contribution in [0, 0.1) is 5.82 Å². The first-order chi connectivity index (χ1) is 14.2. The van der Waals surface area contributed by atoms with Gasteiger partial charge in [0, 0.05) is 38.0 Å². The van der Waals surface area contributed by atoms with Crippen molar-refractivity contribution in [1.29, 1.82) is 0 Å². The predicted molar refractivity (Wildman–Crippen MR) is 113 cm³/mol. The molecular formula is C24H21FN4. The highest BCUT2D eigenvalue weighted by molar-refractivity contribution is 5.56. The van der Waals surface area contributed by atoms with Crippen LogP contribution in [-0.4, -0.2) is 22.0 Å². The van der Waals surface area contributed by atoms with Crippen LogP contribution in [0.3, 0.4) is 0 Å². The van der Waals surface area contributed by atoms with Gasteiger partial charge in [0.05, 0.1) is 0 Å². The molecule has 0 aliphatic carbocycles. The third-order valence-corrected chi connectivity index (χ3v) is 4.70.